The third-order valence-corrected chi connectivity index (χ3v) is 4.52. The van der Waals surface area contributed by atoms with Crippen LogP contribution in [-0.2, 0) is 4.79 Å². The largest absolute Gasteiger partial charge is 0.478 e. The fourth-order valence-corrected chi connectivity index (χ4v) is 3.20. The summed E-state index contributed by atoms with van der Waals surface area (Å²) in [5.41, 5.74) is -1.18. The zero-order valence-corrected chi connectivity index (χ0v) is 15.5. The molecule has 8 nitrogen and oxygen atoms in total. The van der Waals surface area contributed by atoms with Crippen molar-refractivity contribution in [1.29, 1.82) is 0 Å². The van der Waals surface area contributed by atoms with Crippen LogP contribution >= 0.6 is 15.9 Å². The van der Waals surface area contributed by atoms with Gasteiger partial charge >= 0.3 is 11.7 Å². The fourth-order valence-electron chi connectivity index (χ4n) is 2.69. The molecule has 0 N–H and O–H groups in total. The van der Waals surface area contributed by atoms with Crippen molar-refractivity contribution >= 4 is 38.5 Å². The van der Waals surface area contributed by atoms with Crippen LogP contribution in [0.1, 0.15) is 0 Å². The number of rotatable bonds is 3. The highest BCUT2D eigenvalue weighted by Gasteiger charge is 2.30. The van der Waals surface area contributed by atoms with Crippen LogP contribution in [0.3, 0.4) is 0 Å². The summed E-state index contributed by atoms with van der Waals surface area (Å²) < 4.78 is 58.5. The van der Waals surface area contributed by atoms with Crippen molar-refractivity contribution in [3.63, 3.8) is 0 Å². The van der Waals surface area contributed by atoms with Crippen molar-refractivity contribution in [2.24, 2.45) is 0 Å². The monoisotopic (exact) mass is 470 g/mol. The third kappa shape index (κ3) is 3.10. The zero-order chi connectivity index (χ0) is 20.9. The standard InChI is InChI=1S/C17H6BrF3N2O6/c18-6-3-10-17(29-11(24)5-27-10)12-9(1-2-22-15(6)12)28-16-7(19)4-8(23(25)26)13(20)14(16)21/h1-4H,5H2. The molecule has 0 saturated heterocycles. The second kappa shape index (κ2) is 6.88. The molecular formula is C17H6BrF3N2O6. The first-order valence-corrected chi connectivity index (χ1v) is 8.51. The van der Waals surface area contributed by atoms with Crippen LogP contribution in [0.2, 0.25) is 0 Å². The van der Waals surface area contributed by atoms with Gasteiger partial charge in [-0.3, -0.25) is 15.1 Å². The number of aromatic nitrogens is 1. The maximum absolute atomic E-state index is 14.3. The van der Waals surface area contributed by atoms with Crippen LogP contribution < -0.4 is 14.2 Å². The first-order valence-electron chi connectivity index (χ1n) is 7.72. The Labute approximate surface area is 167 Å². The van der Waals surface area contributed by atoms with Crippen molar-refractivity contribution in [3.8, 4) is 23.0 Å². The zero-order valence-electron chi connectivity index (χ0n) is 13.9. The van der Waals surface area contributed by atoms with Crippen LogP contribution in [0, 0.1) is 27.6 Å². The molecule has 0 bridgehead atoms. The second-order valence-electron chi connectivity index (χ2n) is 5.67. The molecule has 2 heterocycles. The molecular weight excluding hydrogens is 465 g/mol. The van der Waals surface area contributed by atoms with Crippen molar-refractivity contribution in [2.75, 3.05) is 6.61 Å². The lowest BCUT2D eigenvalue weighted by Crippen LogP contribution is -2.23. The van der Waals surface area contributed by atoms with Gasteiger partial charge in [0, 0.05) is 16.7 Å². The average molecular weight is 471 g/mol. The minimum atomic E-state index is -1.89. The lowest BCUT2D eigenvalue weighted by Gasteiger charge is -2.20. The normalized spacial score (nSPS) is 12.9. The van der Waals surface area contributed by atoms with Crippen LogP contribution in [0.15, 0.2) is 28.9 Å². The van der Waals surface area contributed by atoms with Crippen LogP contribution in [0.5, 0.6) is 23.0 Å². The number of nitrogens with zero attached hydrogens (tertiary/aromatic N) is 2. The molecule has 0 fully saturated rings. The van der Waals surface area contributed by atoms with E-state index < -0.39 is 39.8 Å². The summed E-state index contributed by atoms with van der Waals surface area (Å²) in [5, 5.41) is 10.7. The third-order valence-electron chi connectivity index (χ3n) is 3.92. The first-order chi connectivity index (χ1) is 13.8. The highest BCUT2D eigenvalue weighted by Crippen LogP contribution is 2.46. The highest BCUT2D eigenvalue weighted by atomic mass is 79.9. The molecule has 0 aliphatic carbocycles. The molecule has 0 radical (unpaired) electrons. The maximum Gasteiger partial charge on any atom is 0.349 e. The number of carbonyl (C=O) groups excluding carboxylic acids is 1. The molecule has 0 saturated carbocycles. The summed E-state index contributed by atoms with van der Waals surface area (Å²) in [6.45, 7) is -0.349. The Kier molecular flexibility index (Phi) is 4.49. The van der Waals surface area contributed by atoms with E-state index in [0.717, 1.165) is 0 Å². The van der Waals surface area contributed by atoms with E-state index >= 15 is 0 Å². The molecule has 1 aromatic heterocycles. The van der Waals surface area contributed by atoms with E-state index in [1.54, 1.807) is 0 Å². The topological polar surface area (TPSA) is 101 Å². The molecule has 0 unspecified atom stereocenters. The average Bonchev–Trinajstić information content (AvgIpc) is 2.68. The smallest absolute Gasteiger partial charge is 0.349 e. The number of halogens is 4. The maximum atomic E-state index is 14.3. The van der Waals surface area contributed by atoms with Gasteiger partial charge in [0.25, 0.3) is 0 Å². The first kappa shape index (κ1) is 18.9. The van der Waals surface area contributed by atoms with E-state index in [-0.39, 0.29) is 40.8 Å². The van der Waals surface area contributed by atoms with E-state index in [4.69, 9.17) is 14.2 Å². The molecule has 12 heteroatoms. The molecule has 148 valence electrons. The number of nitro benzene ring substituents is 1. The van der Waals surface area contributed by atoms with Gasteiger partial charge in [-0.05, 0) is 22.0 Å². The Morgan fingerprint density at radius 1 is 1.24 bits per heavy atom. The SMILES string of the molecule is O=C1COc2cc(Br)c3nccc(Oc4c(F)cc([N+](=O)[O-])c(F)c4F)c3c2O1. The molecule has 1 aliphatic rings. The predicted octanol–water partition coefficient (Wildman–Crippen LogP) is 4.41. The van der Waals surface area contributed by atoms with Crippen molar-refractivity contribution in [3.05, 3.63) is 56.4 Å². The van der Waals surface area contributed by atoms with E-state index in [9.17, 15) is 28.1 Å². The van der Waals surface area contributed by atoms with Gasteiger partial charge < -0.3 is 14.2 Å². The quantitative estimate of drug-likeness (QED) is 0.183. The van der Waals surface area contributed by atoms with E-state index in [2.05, 4.69) is 20.9 Å². The lowest BCUT2D eigenvalue weighted by atomic mass is 10.1. The number of pyridine rings is 1. The number of nitro groups is 1. The number of esters is 1. The van der Waals surface area contributed by atoms with Crippen molar-refractivity contribution in [1.82, 2.24) is 4.98 Å². The molecule has 4 rings (SSSR count). The minimum Gasteiger partial charge on any atom is -0.478 e. The highest BCUT2D eigenvalue weighted by molar-refractivity contribution is 9.10. The summed E-state index contributed by atoms with van der Waals surface area (Å²) in [6, 6.07) is 2.87. The van der Waals surface area contributed by atoms with Crippen LogP contribution in [0.4, 0.5) is 18.9 Å². The molecule has 29 heavy (non-hydrogen) atoms. The Balaban J connectivity index is 1.93. The van der Waals surface area contributed by atoms with Gasteiger partial charge in [-0.2, -0.15) is 8.78 Å². The number of benzene rings is 2. The van der Waals surface area contributed by atoms with Crippen LogP contribution in [0.25, 0.3) is 10.9 Å². The predicted molar refractivity (Wildman–Crippen MR) is 93.6 cm³/mol. The fraction of sp³-hybridized carbons (Fsp3) is 0.0588. The van der Waals surface area contributed by atoms with Crippen LogP contribution in [-0.4, -0.2) is 22.5 Å². The molecule has 1 aliphatic heterocycles. The minimum absolute atomic E-state index is 0.0162. The van der Waals surface area contributed by atoms with Gasteiger partial charge in [0.15, 0.2) is 23.9 Å². The Hall–Kier alpha value is -3.41. The van der Waals surface area contributed by atoms with Gasteiger partial charge in [0.05, 0.1) is 21.9 Å². The number of hydrogen-bond acceptors (Lipinski definition) is 7. The summed E-state index contributed by atoms with van der Waals surface area (Å²) >= 11 is 3.26. The molecule has 2 aromatic carbocycles. The van der Waals surface area contributed by atoms with E-state index in [0.29, 0.717) is 4.47 Å². The van der Waals surface area contributed by atoms with E-state index in [1.165, 1.54) is 18.3 Å². The Morgan fingerprint density at radius 2 is 2.00 bits per heavy atom. The summed E-state index contributed by atoms with van der Waals surface area (Å²) in [5.74, 6) is -7.44. The second-order valence-corrected chi connectivity index (χ2v) is 6.53. The summed E-state index contributed by atoms with van der Waals surface area (Å²) in [6.07, 6.45) is 1.23. The molecule has 0 atom stereocenters. The van der Waals surface area contributed by atoms with Crippen molar-refractivity contribution in [2.45, 2.75) is 0 Å². The van der Waals surface area contributed by atoms with Gasteiger partial charge in [0.1, 0.15) is 5.75 Å². The van der Waals surface area contributed by atoms with Gasteiger partial charge in [-0.1, -0.05) is 0 Å². The lowest BCUT2D eigenvalue weighted by molar-refractivity contribution is -0.388. The number of ether oxygens (including phenoxy) is 3. The Morgan fingerprint density at radius 3 is 2.72 bits per heavy atom. The number of fused-ring (bicyclic) bond motifs is 3. The van der Waals surface area contributed by atoms with E-state index in [1.807, 2.05) is 0 Å². The van der Waals surface area contributed by atoms with Gasteiger partial charge in [-0.25, -0.2) is 9.18 Å². The summed E-state index contributed by atoms with van der Waals surface area (Å²) in [7, 11) is 0. The van der Waals surface area contributed by atoms with Gasteiger partial charge in [0.2, 0.25) is 17.4 Å². The summed E-state index contributed by atoms with van der Waals surface area (Å²) in [4.78, 5) is 25.2. The van der Waals surface area contributed by atoms with Gasteiger partial charge in [-0.15, -0.1) is 0 Å². The molecule has 0 spiro atoms. The molecule has 3 aromatic rings. The van der Waals surface area contributed by atoms with Crippen molar-refractivity contribution < 1.29 is 37.1 Å². The number of carbonyl (C=O) groups is 1. The molecule has 0 amide bonds. The number of hydrogen-bond donors (Lipinski definition) is 0. The Bertz CT molecular complexity index is 1220.